The molecule has 0 aliphatic rings. The normalized spacial score (nSPS) is 12.1. The zero-order valence-electron chi connectivity index (χ0n) is 12.7. The van der Waals surface area contributed by atoms with Crippen LogP contribution in [0.2, 0.25) is 0 Å². The Balaban J connectivity index is 2.61. The Bertz CT molecular complexity index is 524. The lowest BCUT2D eigenvalue weighted by Crippen LogP contribution is -2.03. The topological polar surface area (TPSA) is 95.5 Å². The smallest absolute Gasteiger partial charge is 0.292 e. The van der Waals surface area contributed by atoms with Gasteiger partial charge >= 0.3 is 0 Å². The highest BCUT2D eigenvalue weighted by atomic mass is 32.2. The van der Waals surface area contributed by atoms with Crippen LogP contribution in [0.15, 0.2) is 23.1 Å². The molecule has 0 saturated carbocycles. The van der Waals surface area contributed by atoms with Gasteiger partial charge in [-0.15, -0.1) is 0 Å². The molecule has 1 aromatic carbocycles. The van der Waals surface area contributed by atoms with Crippen molar-refractivity contribution in [3.8, 4) is 0 Å². The fraction of sp³-hybridized carbons (Fsp3) is 0.571. The summed E-state index contributed by atoms with van der Waals surface area (Å²) in [5, 5.41) is 21.7. The Hall–Kier alpha value is -1.67. The van der Waals surface area contributed by atoms with Crippen LogP contribution in [0.4, 0.5) is 11.4 Å². The van der Waals surface area contributed by atoms with Gasteiger partial charge in [-0.3, -0.25) is 20.2 Å². The first-order valence-corrected chi connectivity index (χ1v) is 7.96. The molecule has 0 aliphatic carbocycles. The van der Waals surface area contributed by atoms with Gasteiger partial charge in [-0.2, -0.15) is 0 Å². The molecule has 7 nitrogen and oxygen atoms in total. The molecule has 0 radical (unpaired) electrons. The lowest BCUT2D eigenvalue weighted by molar-refractivity contribution is -0.396. The molecule has 0 amide bonds. The van der Waals surface area contributed by atoms with Crippen molar-refractivity contribution in [1.29, 1.82) is 0 Å². The molecular formula is C14H20N2O5S. The molecule has 1 aromatic rings. The monoisotopic (exact) mass is 328 g/mol. The molecule has 0 fully saturated rings. The summed E-state index contributed by atoms with van der Waals surface area (Å²) in [6, 6.07) is 3.55. The zero-order valence-corrected chi connectivity index (χ0v) is 13.5. The van der Waals surface area contributed by atoms with Crippen LogP contribution in [0.25, 0.3) is 0 Å². The summed E-state index contributed by atoms with van der Waals surface area (Å²) < 4.78 is 5.54. The van der Waals surface area contributed by atoms with Crippen LogP contribution in [0.5, 0.6) is 0 Å². The summed E-state index contributed by atoms with van der Waals surface area (Å²) in [7, 11) is 0. The highest BCUT2D eigenvalue weighted by Gasteiger charge is 2.20. The van der Waals surface area contributed by atoms with Gasteiger partial charge in [0.25, 0.3) is 11.4 Å². The molecule has 1 rings (SSSR count). The van der Waals surface area contributed by atoms with Gasteiger partial charge in [0.2, 0.25) is 0 Å². The number of nitro benzene ring substituents is 2. The van der Waals surface area contributed by atoms with Gasteiger partial charge in [0.05, 0.1) is 22.0 Å². The van der Waals surface area contributed by atoms with Crippen LogP contribution in [0.3, 0.4) is 0 Å². The van der Waals surface area contributed by atoms with Crippen molar-refractivity contribution in [3.63, 3.8) is 0 Å². The van der Waals surface area contributed by atoms with Gasteiger partial charge in [0.15, 0.2) is 0 Å². The molecule has 0 aromatic heterocycles. The lowest BCUT2D eigenvalue weighted by Gasteiger charge is -2.11. The maximum atomic E-state index is 11.0. The molecule has 22 heavy (non-hydrogen) atoms. The standard InChI is InChI=1S/C14H20N2O5S/c1-3-4-5-6-7-11(2)21-22-14-9-8-12(15(17)18)10-13(14)16(19)20/h8-11H,3-7H2,1-2H3/t11-/m1/s1. The molecule has 122 valence electrons. The summed E-state index contributed by atoms with van der Waals surface area (Å²) >= 11 is 0.903. The quantitative estimate of drug-likeness (QED) is 0.263. The Morgan fingerprint density at radius 1 is 1.18 bits per heavy atom. The van der Waals surface area contributed by atoms with Crippen molar-refractivity contribution < 1.29 is 14.0 Å². The van der Waals surface area contributed by atoms with Gasteiger partial charge in [0, 0.05) is 18.1 Å². The average molecular weight is 328 g/mol. The minimum absolute atomic E-state index is 0.0309. The number of unbranched alkanes of at least 4 members (excludes halogenated alkanes) is 3. The molecule has 0 N–H and O–H groups in total. The van der Waals surface area contributed by atoms with Gasteiger partial charge < -0.3 is 4.18 Å². The van der Waals surface area contributed by atoms with E-state index in [2.05, 4.69) is 6.92 Å². The number of nitrogens with zero attached hydrogens (tertiary/aromatic N) is 2. The molecule has 8 heteroatoms. The highest BCUT2D eigenvalue weighted by Crippen LogP contribution is 2.34. The third kappa shape index (κ3) is 5.98. The van der Waals surface area contributed by atoms with Gasteiger partial charge in [-0.05, 0) is 19.4 Å². The van der Waals surface area contributed by atoms with Gasteiger partial charge in [-0.25, -0.2) is 0 Å². The van der Waals surface area contributed by atoms with Crippen molar-refractivity contribution in [2.75, 3.05) is 0 Å². The summed E-state index contributed by atoms with van der Waals surface area (Å²) in [6.07, 6.45) is 5.40. The Labute approximate surface area is 133 Å². The molecule has 0 aliphatic heterocycles. The summed E-state index contributed by atoms with van der Waals surface area (Å²) in [6.45, 7) is 4.06. The van der Waals surface area contributed by atoms with Crippen molar-refractivity contribution in [2.24, 2.45) is 0 Å². The minimum Gasteiger partial charge on any atom is -0.307 e. The number of hydrogen-bond acceptors (Lipinski definition) is 6. The largest absolute Gasteiger partial charge is 0.307 e. The molecular weight excluding hydrogens is 308 g/mol. The van der Waals surface area contributed by atoms with E-state index in [1.807, 2.05) is 6.92 Å². The molecule has 0 unspecified atom stereocenters. The predicted octanol–water partition coefficient (Wildman–Crippen LogP) is 4.89. The van der Waals surface area contributed by atoms with Crippen molar-refractivity contribution in [2.45, 2.75) is 57.0 Å². The maximum absolute atomic E-state index is 11.0. The first-order valence-electron chi connectivity index (χ1n) is 7.21. The van der Waals surface area contributed by atoms with Crippen LogP contribution in [0.1, 0.15) is 46.0 Å². The predicted molar refractivity (Wildman–Crippen MR) is 84.9 cm³/mol. The second-order valence-corrected chi connectivity index (χ2v) is 5.80. The zero-order chi connectivity index (χ0) is 16.5. The number of nitro groups is 2. The average Bonchev–Trinajstić information content (AvgIpc) is 2.49. The van der Waals surface area contributed by atoms with Crippen molar-refractivity contribution in [1.82, 2.24) is 0 Å². The van der Waals surface area contributed by atoms with Crippen LogP contribution in [0, 0.1) is 20.2 Å². The van der Waals surface area contributed by atoms with Crippen LogP contribution < -0.4 is 0 Å². The van der Waals surface area contributed by atoms with Crippen molar-refractivity contribution >= 4 is 23.4 Å². The Morgan fingerprint density at radius 2 is 1.91 bits per heavy atom. The fourth-order valence-corrected chi connectivity index (χ4v) is 2.58. The van der Waals surface area contributed by atoms with Crippen LogP contribution in [-0.4, -0.2) is 16.0 Å². The van der Waals surface area contributed by atoms with Crippen LogP contribution >= 0.6 is 12.0 Å². The van der Waals surface area contributed by atoms with E-state index in [0.717, 1.165) is 37.4 Å². The van der Waals surface area contributed by atoms with E-state index in [4.69, 9.17) is 4.18 Å². The molecule has 0 heterocycles. The van der Waals surface area contributed by atoms with E-state index in [0.29, 0.717) is 0 Å². The third-order valence-electron chi connectivity index (χ3n) is 3.12. The summed E-state index contributed by atoms with van der Waals surface area (Å²) in [5.74, 6) is 0. The number of hydrogen-bond donors (Lipinski definition) is 0. The van der Waals surface area contributed by atoms with E-state index in [-0.39, 0.29) is 22.4 Å². The first kappa shape index (κ1) is 18.4. The van der Waals surface area contributed by atoms with E-state index in [1.165, 1.54) is 25.0 Å². The second kappa shape index (κ2) is 9.37. The number of rotatable bonds is 10. The van der Waals surface area contributed by atoms with Crippen LogP contribution in [-0.2, 0) is 4.18 Å². The maximum Gasteiger partial charge on any atom is 0.292 e. The summed E-state index contributed by atoms with van der Waals surface area (Å²) in [4.78, 5) is 20.7. The summed E-state index contributed by atoms with van der Waals surface area (Å²) in [5.41, 5.74) is -0.610. The first-order chi connectivity index (χ1) is 10.5. The second-order valence-electron chi connectivity index (χ2n) is 5.01. The highest BCUT2D eigenvalue weighted by molar-refractivity contribution is 7.94. The van der Waals surface area contributed by atoms with E-state index in [9.17, 15) is 20.2 Å². The van der Waals surface area contributed by atoms with Gasteiger partial charge in [-0.1, -0.05) is 32.6 Å². The third-order valence-corrected chi connectivity index (χ3v) is 4.07. The molecule has 0 spiro atoms. The molecule has 0 saturated heterocycles. The fourth-order valence-electron chi connectivity index (χ4n) is 1.87. The molecule has 1 atom stereocenters. The van der Waals surface area contributed by atoms with Gasteiger partial charge in [0.1, 0.15) is 4.90 Å². The lowest BCUT2D eigenvalue weighted by atomic mass is 10.1. The van der Waals surface area contributed by atoms with E-state index < -0.39 is 9.85 Å². The Morgan fingerprint density at radius 3 is 2.50 bits per heavy atom. The van der Waals surface area contributed by atoms with Crippen molar-refractivity contribution in [3.05, 3.63) is 38.4 Å². The van der Waals surface area contributed by atoms with E-state index in [1.54, 1.807) is 0 Å². The minimum atomic E-state index is -0.654. The molecule has 0 bridgehead atoms. The Kier molecular flexibility index (Phi) is 7.83. The van der Waals surface area contributed by atoms with E-state index >= 15 is 0 Å². The number of benzene rings is 1. The number of non-ortho nitro benzene ring substituents is 1. The SMILES string of the molecule is CCCCCC[C@@H](C)OSc1ccc([N+](=O)[O-])cc1[N+](=O)[O-].